The largest absolute Gasteiger partial charge is 0.340 e. The average molecular weight is 347 g/mol. The van der Waals surface area contributed by atoms with Gasteiger partial charge in [0, 0.05) is 6.04 Å². The zero-order valence-electron chi connectivity index (χ0n) is 11.1. The highest BCUT2D eigenvalue weighted by Gasteiger charge is 2.44. The summed E-state index contributed by atoms with van der Waals surface area (Å²) in [6.07, 6.45) is 3.44. The SMILES string of the molecule is O=P(O)(O)C(CC1CCC(CCCS)CN1)P(=O)(O)O. The van der Waals surface area contributed by atoms with E-state index in [4.69, 9.17) is 19.6 Å². The number of hydrogen-bond acceptors (Lipinski definition) is 4. The molecule has 2 unspecified atom stereocenters. The van der Waals surface area contributed by atoms with Gasteiger partial charge in [-0.05, 0) is 50.3 Å². The predicted octanol–water partition coefficient (Wildman–Crippen LogP) is 1.14. The van der Waals surface area contributed by atoms with E-state index in [-0.39, 0.29) is 12.5 Å². The fourth-order valence-electron chi connectivity index (χ4n) is 2.53. The fraction of sp³-hybridized carbons (Fsp3) is 1.00. The van der Waals surface area contributed by atoms with Gasteiger partial charge in [-0.25, -0.2) is 0 Å². The molecule has 2 atom stereocenters. The highest BCUT2D eigenvalue weighted by molar-refractivity contribution is 7.80. The second-order valence-corrected chi connectivity index (χ2v) is 9.77. The fourth-order valence-corrected chi connectivity index (χ4v) is 5.34. The number of piperidine rings is 1. The van der Waals surface area contributed by atoms with Crippen molar-refractivity contribution < 1.29 is 28.7 Å². The Balaban J connectivity index is 2.53. The summed E-state index contributed by atoms with van der Waals surface area (Å²) < 4.78 is 22.4. The van der Waals surface area contributed by atoms with E-state index in [2.05, 4.69) is 17.9 Å². The van der Waals surface area contributed by atoms with E-state index in [9.17, 15) is 9.13 Å². The Morgan fingerprint density at radius 1 is 1.15 bits per heavy atom. The molecule has 1 aliphatic rings. The second kappa shape index (κ2) is 7.75. The van der Waals surface area contributed by atoms with Crippen LogP contribution < -0.4 is 5.32 Å². The molecular weight excluding hydrogens is 324 g/mol. The van der Waals surface area contributed by atoms with Crippen molar-refractivity contribution in [1.29, 1.82) is 0 Å². The minimum absolute atomic E-state index is 0.201. The van der Waals surface area contributed by atoms with Crippen LogP contribution in [0.15, 0.2) is 0 Å². The quantitative estimate of drug-likeness (QED) is 0.301. The summed E-state index contributed by atoms with van der Waals surface area (Å²) >= 11 is 4.15. The summed E-state index contributed by atoms with van der Waals surface area (Å²) in [6, 6.07) is -0.257. The lowest BCUT2D eigenvalue weighted by Gasteiger charge is -2.32. The van der Waals surface area contributed by atoms with Crippen LogP contribution in [-0.4, -0.2) is 43.3 Å². The maximum atomic E-state index is 11.2. The lowest BCUT2D eigenvalue weighted by atomic mass is 9.90. The molecule has 0 aromatic carbocycles. The van der Waals surface area contributed by atoms with Gasteiger partial charge in [-0.3, -0.25) is 9.13 Å². The van der Waals surface area contributed by atoms with Gasteiger partial charge in [-0.15, -0.1) is 0 Å². The summed E-state index contributed by atoms with van der Waals surface area (Å²) in [5.74, 6) is 1.33. The molecule has 1 heterocycles. The molecule has 0 amide bonds. The molecule has 7 nitrogen and oxygen atoms in total. The molecule has 1 saturated heterocycles. The molecule has 10 heteroatoms. The van der Waals surface area contributed by atoms with Crippen LogP contribution >= 0.6 is 27.8 Å². The van der Waals surface area contributed by atoms with Crippen LogP contribution in [0.5, 0.6) is 0 Å². The first kappa shape index (κ1) is 18.7. The first-order valence-corrected chi connectivity index (χ1v) is 10.6. The van der Waals surface area contributed by atoms with E-state index >= 15 is 0 Å². The maximum absolute atomic E-state index is 11.2. The van der Waals surface area contributed by atoms with Gasteiger partial charge in [0.1, 0.15) is 0 Å². The van der Waals surface area contributed by atoms with Crippen LogP contribution in [0.4, 0.5) is 0 Å². The number of rotatable bonds is 7. The summed E-state index contributed by atoms with van der Waals surface area (Å²) in [6.45, 7) is 0.716. The molecule has 0 aromatic heterocycles. The van der Waals surface area contributed by atoms with Gasteiger partial charge in [0.2, 0.25) is 0 Å². The molecule has 120 valence electrons. The molecule has 1 rings (SSSR count). The summed E-state index contributed by atoms with van der Waals surface area (Å²) in [4.78, 5) is 36.4. The number of thiol groups is 1. The summed E-state index contributed by atoms with van der Waals surface area (Å²) in [5, 5.41) is 1.24. The Kier molecular flexibility index (Phi) is 7.23. The lowest BCUT2D eigenvalue weighted by molar-refractivity contribution is 0.275. The van der Waals surface area contributed by atoms with Crippen molar-refractivity contribution in [3.63, 3.8) is 0 Å². The van der Waals surface area contributed by atoms with Crippen molar-refractivity contribution in [3.05, 3.63) is 0 Å². The Bertz CT molecular complexity index is 367. The molecule has 0 spiro atoms. The van der Waals surface area contributed by atoms with Gasteiger partial charge in [0.25, 0.3) is 0 Å². The third-order valence-corrected chi connectivity index (χ3v) is 7.76. The summed E-state index contributed by atoms with van der Waals surface area (Å²) in [7, 11) is -9.62. The van der Waals surface area contributed by atoms with Crippen molar-refractivity contribution in [3.8, 4) is 0 Å². The van der Waals surface area contributed by atoms with E-state index in [1.165, 1.54) is 0 Å². The van der Waals surface area contributed by atoms with Crippen LogP contribution in [0.25, 0.3) is 0 Å². The minimum Gasteiger partial charge on any atom is -0.324 e. The van der Waals surface area contributed by atoms with Gasteiger partial charge in [-0.2, -0.15) is 12.6 Å². The normalized spacial score (nSPS) is 25.1. The standard InChI is InChI=1S/C10H23NO6P2S/c12-18(13,14)10(19(15,16)17)6-9-4-3-8(7-11-9)2-1-5-20/h8-11,20H,1-7H2,(H2,12,13,14)(H2,15,16,17). The summed E-state index contributed by atoms with van der Waals surface area (Å²) in [5.41, 5.74) is 0. The van der Waals surface area contributed by atoms with Crippen molar-refractivity contribution in [1.82, 2.24) is 5.32 Å². The third-order valence-electron chi connectivity index (χ3n) is 3.66. The van der Waals surface area contributed by atoms with Crippen LogP contribution in [-0.2, 0) is 9.13 Å². The van der Waals surface area contributed by atoms with Crippen LogP contribution in [0.1, 0.15) is 32.1 Å². The first-order valence-electron chi connectivity index (χ1n) is 6.59. The Labute approximate surface area is 124 Å². The molecule has 1 fully saturated rings. The van der Waals surface area contributed by atoms with Crippen LogP contribution in [0.3, 0.4) is 0 Å². The molecule has 0 aromatic rings. The monoisotopic (exact) mass is 347 g/mol. The smallest absolute Gasteiger partial charge is 0.324 e. The van der Waals surface area contributed by atoms with E-state index in [0.717, 1.165) is 25.0 Å². The topological polar surface area (TPSA) is 127 Å². The molecule has 0 aliphatic carbocycles. The van der Waals surface area contributed by atoms with Crippen LogP contribution in [0.2, 0.25) is 0 Å². The molecule has 0 radical (unpaired) electrons. The maximum Gasteiger partial charge on any atom is 0.340 e. The zero-order valence-corrected chi connectivity index (χ0v) is 13.8. The Morgan fingerprint density at radius 3 is 2.15 bits per heavy atom. The molecule has 0 bridgehead atoms. The average Bonchev–Trinajstić information content (AvgIpc) is 2.32. The predicted molar refractivity (Wildman–Crippen MR) is 80.1 cm³/mol. The second-order valence-electron chi connectivity index (χ2n) is 5.31. The first-order chi connectivity index (χ1) is 9.14. The Hall–Kier alpha value is 0.610. The third kappa shape index (κ3) is 6.16. The van der Waals surface area contributed by atoms with Crippen molar-refractivity contribution in [2.45, 2.75) is 43.5 Å². The van der Waals surface area contributed by atoms with Crippen molar-refractivity contribution in [2.75, 3.05) is 12.3 Å². The minimum atomic E-state index is -4.81. The number of nitrogens with one attached hydrogen (secondary N) is 1. The Morgan fingerprint density at radius 2 is 1.75 bits per heavy atom. The van der Waals surface area contributed by atoms with Gasteiger partial charge in [-0.1, -0.05) is 0 Å². The van der Waals surface area contributed by atoms with E-state index < -0.39 is 20.6 Å². The highest BCUT2D eigenvalue weighted by atomic mass is 32.1. The highest BCUT2D eigenvalue weighted by Crippen LogP contribution is 2.61. The van der Waals surface area contributed by atoms with E-state index in [0.29, 0.717) is 18.9 Å². The van der Waals surface area contributed by atoms with E-state index in [1.807, 2.05) is 0 Å². The molecule has 5 N–H and O–H groups in total. The van der Waals surface area contributed by atoms with Gasteiger partial charge in [0.05, 0.1) is 0 Å². The van der Waals surface area contributed by atoms with Crippen molar-refractivity contribution >= 4 is 27.8 Å². The lowest BCUT2D eigenvalue weighted by Crippen LogP contribution is -2.40. The van der Waals surface area contributed by atoms with Crippen LogP contribution in [0, 0.1) is 5.92 Å². The molecule has 20 heavy (non-hydrogen) atoms. The van der Waals surface area contributed by atoms with Gasteiger partial charge >= 0.3 is 15.2 Å². The van der Waals surface area contributed by atoms with E-state index in [1.54, 1.807) is 0 Å². The molecular formula is C10H23NO6P2S. The molecule has 0 saturated carbocycles. The number of hydrogen-bond donors (Lipinski definition) is 6. The van der Waals surface area contributed by atoms with Gasteiger partial charge < -0.3 is 24.9 Å². The zero-order chi connectivity index (χ0) is 15.4. The van der Waals surface area contributed by atoms with Gasteiger partial charge in [0.15, 0.2) is 5.40 Å². The van der Waals surface area contributed by atoms with Crippen molar-refractivity contribution in [2.24, 2.45) is 5.92 Å². The molecule has 1 aliphatic heterocycles.